The van der Waals surface area contributed by atoms with Crippen LogP contribution < -0.4 is 5.73 Å². The molecule has 1 saturated heterocycles. The number of nitrogen functional groups attached to an aromatic ring is 1. The summed E-state index contributed by atoms with van der Waals surface area (Å²) in [5, 5.41) is 0. The summed E-state index contributed by atoms with van der Waals surface area (Å²) < 4.78 is 0. The van der Waals surface area contributed by atoms with Crippen LogP contribution in [0.5, 0.6) is 0 Å². The molecule has 2 rings (SSSR count). The Morgan fingerprint density at radius 2 is 2.36 bits per heavy atom. The highest BCUT2D eigenvalue weighted by molar-refractivity contribution is 5.31. The molecule has 2 N–H and O–H groups in total. The van der Waals surface area contributed by atoms with Crippen LogP contribution >= 0.6 is 0 Å². The molecule has 3 nitrogen and oxygen atoms in total. The highest BCUT2D eigenvalue weighted by Crippen LogP contribution is 2.20. The second-order valence-electron chi connectivity index (χ2n) is 4.06. The Labute approximate surface area is 84.9 Å². The van der Waals surface area contributed by atoms with Gasteiger partial charge in [0, 0.05) is 25.8 Å². The van der Waals surface area contributed by atoms with E-state index in [2.05, 4.69) is 16.8 Å². The third kappa shape index (κ3) is 2.04. The number of aromatic nitrogens is 1. The first-order valence-electron chi connectivity index (χ1n) is 5.20. The predicted octanol–water partition coefficient (Wildman–Crippen LogP) is 1.51. The zero-order chi connectivity index (χ0) is 9.97. The first-order valence-corrected chi connectivity index (χ1v) is 5.20. The first-order chi connectivity index (χ1) is 6.78. The molecule has 76 valence electrons. The largest absolute Gasteiger partial charge is 0.384 e. The van der Waals surface area contributed by atoms with Gasteiger partial charge in [-0.05, 0) is 23.6 Å². The Hall–Kier alpha value is -1.09. The van der Waals surface area contributed by atoms with Gasteiger partial charge < -0.3 is 5.73 Å². The van der Waals surface area contributed by atoms with Gasteiger partial charge >= 0.3 is 0 Å². The van der Waals surface area contributed by atoms with E-state index in [0.29, 0.717) is 5.82 Å². The number of likely N-dealkylation sites (tertiary alicyclic amines) is 1. The van der Waals surface area contributed by atoms with Crippen molar-refractivity contribution in [3.05, 3.63) is 23.9 Å². The van der Waals surface area contributed by atoms with Crippen LogP contribution in [0.3, 0.4) is 0 Å². The average Bonchev–Trinajstić information content (AvgIpc) is 2.10. The predicted molar refractivity (Wildman–Crippen MR) is 57.7 cm³/mol. The molecular formula is C11H17N3. The van der Waals surface area contributed by atoms with Gasteiger partial charge in [-0.1, -0.05) is 13.3 Å². The van der Waals surface area contributed by atoms with E-state index in [0.717, 1.165) is 12.5 Å². The van der Waals surface area contributed by atoms with Crippen LogP contribution in [0.15, 0.2) is 18.3 Å². The molecule has 1 aromatic rings. The summed E-state index contributed by atoms with van der Waals surface area (Å²) >= 11 is 0. The molecule has 1 aliphatic rings. The molecule has 2 heterocycles. The fraction of sp³-hybridized carbons (Fsp3) is 0.545. The van der Waals surface area contributed by atoms with Crippen LogP contribution in [0.2, 0.25) is 0 Å². The van der Waals surface area contributed by atoms with Gasteiger partial charge in [0.25, 0.3) is 0 Å². The van der Waals surface area contributed by atoms with Crippen molar-refractivity contribution >= 4 is 5.82 Å². The van der Waals surface area contributed by atoms with E-state index in [1.165, 1.54) is 25.1 Å². The Balaban J connectivity index is 1.87. The van der Waals surface area contributed by atoms with E-state index in [4.69, 9.17) is 5.73 Å². The molecule has 0 aliphatic carbocycles. The standard InChI is InChI=1S/C11H17N3/c1-2-9-6-14(7-9)8-10-3-4-13-11(12)5-10/h3-5,9H,2,6-8H2,1H3,(H2,12,13). The smallest absolute Gasteiger partial charge is 0.123 e. The van der Waals surface area contributed by atoms with Crippen molar-refractivity contribution in [1.29, 1.82) is 0 Å². The van der Waals surface area contributed by atoms with E-state index >= 15 is 0 Å². The minimum atomic E-state index is 0.620. The first kappa shape index (κ1) is 9.46. The van der Waals surface area contributed by atoms with Crippen molar-refractivity contribution in [2.24, 2.45) is 5.92 Å². The Morgan fingerprint density at radius 3 is 3.00 bits per heavy atom. The molecule has 1 aromatic heterocycles. The molecule has 0 amide bonds. The maximum atomic E-state index is 5.62. The monoisotopic (exact) mass is 191 g/mol. The fourth-order valence-electron chi connectivity index (χ4n) is 1.92. The molecule has 3 heteroatoms. The lowest BCUT2D eigenvalue weighted by Gasteiger charge is -2.38. The zero-order valence-corrected chi connectivity index (χ0v) is 8.61. The molecule has 0 atom stereocenters. The van der Waals surface area contributed by atoms with Gasteiger partial charge in [-0.15, -0.1) is 0 Å². The molecule has 0 radical (unpaired) electrons. The van der Waals surface area contributed by atoms with Gasteiger partial charge in [-0.2, -0.15) is 0 Å². The second-order valence-corrected chi connectivity index (χ2v) is 4.06. The number of hydrogen-bond acceptors (Lipinski definition) is 3. The molecule has 0 bridgehead atoms. The maximum Gasteiger partial charge on any atom is 0.123 e. The van der Waals surface area contributed by atoms with Crippen molar-refractivity contribution in [1.82, 2.24) is 9.88 Å². The van der Waals surface area contributed by atoms with Gasteiger partial charge in [-0.25, -0.2) is 4.98 Å². The molecule has 0 saturated carbocycles. The Kier molecular flexibility index (Phi) is 2.68. The molecule has 14 heavy (non-hydrogen) atoms. The third-order valence-electron chi connectivity index (χ3n) is 2.86. The number of rotatable bonds is 3. The lowest BCUT2D eigenvalue weighted by molar-refractivity contribution is 0.0899. The van der Waals surface area contributed by atoms with Crippen LogP contribution in [-0.4, -0.2) is 23.0 Å². The average molecular weight is 191 g/mol. The number of nitrogens with zero attached hydrogens (tertiary/aromatic N) is 2. The zero-order valence-electron chi connectivity index (χ0n) is 8.61. The van der Waals surface area contributed by atoms with E-state index in [1.807, 2.05) is 12.1 Å². The van der Waals surface area contributed by atoms with Gasteiger partial charge in [0.15, 0.2) is 0 Å². The summed E-state index contributed by atoms with van der Waals surface area (Å²) in [5.74, 6) is 1.53. The van der Waals surface area contributed by atoms with Crippen LogP contribution in [0, 0.1) is 5.92 Å². The molecule has 1 aliphatic heterocycles. The van der Waals surface area contributed by atoms with Gasteiger partial charge in [0.2, 0.25) is 0 Å². The summed E-state index contributed by atoms with van der Waals surface area (Å²) in [5.41, 5.74) is 6.89. The van der Waals surface area contributed by atoms with E-state index < -0.39 is 0 Å². The normalized spacial score (nSPS) is 18.1. The quantitative estimate of drug-likeness (QED) is 0.787. The Bertz CT molecular complexity index is 305. The molecular weight excluding hydrogens is 174 g/mol. The van der Waals surface area contributed by atoms with Crippen molar-refractivity contribution < 1.29 is 0 Å². The number of anilines is 1. The fourth-order valence-corrected chi connectivity index (χ4v) is 1.92. The Morgan fingerprint density at radius 1 is 1.57 bits per heavy atom. The number of pyridine rings is 1. The molecule has 0 aromatic carbocycles. The van der Waals surface area contributed by atoms with Crippen LogP contribution in [-0.2, 0) is 6.54 Å². The van der Waals surface area contributed by atoms with Gasteiger partial charge in [0.05, 0.1) is 0 Å². The lowest BCUT2D eigenvalue weighted by Crippen LogP contribution is -2.45. The topological polar surface area (TPSA) is 42.2 Å². The van der Waals surface area contributed by atoms with Crippen molar-refractivity contribution in [3.8, 4) is 0 Å². The second kappa shape index (κ2) is 3.96. The number of hydrogen-bond donors (Lipinski definition) is 1. The lowest BCUT2D eigenvalue weighted by atomic mass is 9.97. The van der Waals surface area contributed by atoms with Crippen LogP contribution in [0.25, 0.3) is 0 Å². The van der Waals surface area contributed by atoms with E-state index in [1.54, 1.807) is 6.20 Å². The van der Waals surface area contributed by atoms with Crippen molar-refractivity contribution in [2.75, 3.05) is 18.8 Å². The molecule has 1 fully saturated rings. The minimum Gasteiger partial charge on any atom is -0.384 e. The van der Waals surface area contributed by atoms with Crippen molar-refractivity contribution in [2.45, 2.75) is 19.9 Å². The highest BCUT2D eigenvalue weighted by Gasteiger charge is 2.24. The SMILES string of the molecule is CCC1CN(Cc2ccnc(N)c2)C1. The summed E-state index contributed by atoms with van der Waals surface area (Å²) in [6.45, 7) is 5.74. The van der Waals surface area contributed by atoms with Crippen LogP contribution in [0.4, 0.5) is 5.82 Å². The minimum absolute atomic E-state index is 0.620. The summed E-state index contributed by atoms with van der Waals surface area (Å²) in [7, 11) is 0. The summed E-state index contributed by atoms with van der Waals surface area (Å²) in [6.07, 6.45) is 3.08. The maximum absolute atomic E-state index is 5.62. The van der Waals surface area contributed by atoms with E-state index in [-0.39, 0.29) is 0 Å². The van der Waals surface area contributed by atoms with Gasteiger partial charge in [-0.3, -0.25) is 4.90 Å². The summed E-state index contributed by atoms with van der Waals surface area (Å²) in [4.78, 5) is 6.43. The summed E-state index contributed by atoms with van der Waals surface area (Å²) in [6, 6.07) is 3.99. The van der Waals surface area contributed by atoms with Gasteiger partial charge in [0.1, 0.15) is 5.82 Å². The third-order valence-corrected chi connectivity index (χ3v) is 2.86. The number of nitrogens with two attached hydrogens (primary N) is 1. The van der Waals surface area contributed by atoms with Crippen LogP contribution in [0.1, 0.15) is 18.9 Å². The van der Waals surface area contributed by atoms with E-state index in [9.17, 15) is 0 Å². The van der Waals surface area contributed by atoms with Crippen molar-refractivity contribution in [3.63, 3.8) is 0 Å². The molecule has 0 spiro atoms. The molecule has 0 unspecified atom stereocenters. The highest BCUT2D eigenvalue weighted by atomic mass is 15.2.